The average molecular weight is 219 g/mol. The lowest BCUT2D eigenvalue weighted by Gasteiger charge is -1.99. The van der Waals surface area contributed by atoms with Gasteiger partial charge < -0.3 is 5.32 Å². The Morgan fingerprint density at radius 3 is 2.73 bits per heavy atom. The molecule has 1 saturated heterocycles. The third kappa shape index (κ3) is 2.63. The van der Waals surface area contributed by atoms with E-state index in [9.17, 15) is 4.79 Å². The first-order chi connectivity index (χ1) is 7.25. The fourth-order valence-electron chi connectivity index (χ4n) is 1.40. The Kier molecular flexibility index (Phi) is 3.11. The highest BCUT2D eigenvalue weighted by Gasteiger charge is 2.09. The normalized spacial score (nSPS) is 17.8. The molecule has 1 N–H and O–H groups in total. The lowest BCUT2D eigenvalue weighted by Crippen LogP contribution is -2.06. The Labute approximate surface area is 93.8 Å². The van der Waals surface area contributed by atoms with Crippen molar-refractivity contribution in [3.05, 3.63) is 46.5 Å². The van der Waals surface area contributed by atoms with E-state index in [1.807, 2.05) is 31.2 Å². The van der Waals surface area contributed by atoms with Crippen LogP contribution >= 0.6 is 11.8 Å². The molecule has 15 heavy (non-hydrogen) atoms. The van der Waals surface area contributed by atoms with Gasteiger partial charge in [0.05, 0.1) is 5.03 Å². The number of thioether (sulfide) groups is 1. The van der Waals surface area contributed by atoms with Gasteiger partial charge in [0.15, 0.2) is 5.78 Å². The van der Waals surface area contributed by atoms with E-state index in [-0.39, 0.29) is 5.78 Å². The van der Waals surface area contributed by atoms with Gasteiger partial charge in [-0.05, 0) is 6.92 Å². The van der Waals surface area contributed by atoms with Crippen LogP contribution in [-0.4, -0.2) is 18.1 Å². The molecule has 2 rings (SSSR count). The predicted octanol–water partition coefficient (Wildman–Crippen LogP) is 2.36. The number of benzene rings is 1. The molecule has 1 fully saturated rings. The van der Waals surface area contributed by atoms with Crippen molar-refractivity contribution in [1.29, 1.82) is 0 Å². The monoisotopic (exact) mass is 219 g/mol. The number of hydrogen-bond acceptors (Lipinski definition) is 3. The minimum Gasteiger partial charge on any atom is -0.379 e. The summed E-state index contributed by atoms with van der Waals surface area (Å²) in [7, 11) is 0. The number of rotatable bonds is 2. The minimum atomic E-state index is 0.0758. The van der Waals surface area contributed by atoms with Crippen LogP contribution < -0.4 is 5.32 Å². The second-order valence-corrected chi connectivity index (χ2v) is 4.65. The average Bonchev–Trinajstić information content (AvgIpc) is 2.71. The third-order valence-electron chi connectivity index (χ3n) is 2.26. The van der Waals surface area contributed by atoms with Crippen LogP contribution in [0.2, 0.25) is 0 Å². The molecule has 0 bridgehead atoms. The van der Waals surface area contributed by atoms with Gasteiger partial charge in [-0.25, -0.2) is 0 Å². The van der Waals surface area contributed by atoms with Crippen LogP contribution in [-0.2, 0) is 0 Å². The Balaban J connectivity index is 2.14. The number of allylic oxidation sites excluding steroid dienone is 1. The van der Waals surface area contributed by atoms with Gasteiger partial charge in [-0.1, -0.05) is 29.8 Å². The molecule has 1 aliphatic rings. The van der Waals surface area contributed by atoms with Gasteiger partial charge in [-0.2, -0.15) is 0 Å². The van der Waals surface area contributed by atoms with E-state index >= 15 is 0 Å². The second kappa shape index (κ2) is 4.53. The summed E-state index contributed by atoms with van der Waals surface area (Å²) in [4.78, 5) is 11.8. The van der Waals surface area contributed by atoms with E-state index in [0.29, 0.717) is 0 Å². The highest BCUT2D eigenvalue weighted by Crippen LogP contribution is 2.18. The zero-order valence-electron chi connectivity index (χ0n) is 8.62. The van der Waals surface area contributed by atoms with Crippen molar-refractivity contribution in [3.63, 3.8) is 0 Å². The van der Waals surface area contributed by atoms with Gasteiger partial charge in [0, 0.05) is 23.9 Å². The molecule has 1 heterocycles. The van der Waals surface area contributed by atoms with E-state index in [1.165, 1.54) is 5.56 Å². The molecule has 1 aliphatic heterocycles. The van der Waals surface area contributed by atoms with Gasteiger partial charge in [-0.15, -0.1) is 11.8 Å². The molecule has 0 amide bonds. The quantitative estimate of drug-likeness (QED) is 0.611. The van der Waals surface area contributed by atoms with Crippen molar-refractivity contribution in [2.24, 2.45) is 0 Å². The SMILES string of the molecule is Cc1ccc(C(=O)/C=C2/NCCS2)cc1. The summed E-state index contributed by atoms with van der Waals surface area (Å²) >= 11 is 1.70. The Hall–Kier alpha value is -1.22. The molecule has 0 spiro atoms. The lowest BCUT2D eigenvalue weighted by molar-refractivity contribution is 0.104. The number of carbonyl (C=O) groups is 1. The van der Waals surface area contributed by atoms with Crippen LogP contribution in [0, 0.1) is 6.92 Å². The molecule has 0 aliphatic carbocycles. The van der Waals surface area contributed by atoms with Crippen LogP contribution in [0.3, 0.4) is 0 Å². The zero-order valence-corrected chi connectivity index (χ0v) is 9.43. The molecule has 3 heteroatoms. The van der Waals surface area contributed by atoms with Gasteiger partial charge in [-0.3, -0.25) is 4.79 Å². The van der Waals surface area contributed by atoms with Gasteiger partial charge in [0.1, 0.15) is 0 Å². The van der Waals surface area contributed by atoms with E-state index in [4.69, 9.17) is 0 Å². The second-order valence-electron chi connectivity index (χ2n) is 3.51. The summed E-state index contributed by atoms with van der Waals surface area (Å²) in [5, 5.41) is 4.16. The largest absolute Gasteiger partial charge is 0.379 e. The molecular formula is C12H13NOS. The Bertz CT molecular complexity index is 387. The van der Waals surface area contributed by atoms with Crippen LogP contribution in [0.5, 0.6) is 0 Å². The number of ketones is 1. The number of aryl methyl sites for hydroxylation is 1. The first-order valence-corrected chi connectivity index (χ1v) is 5.93. The topological polar surface area (TPSA) is 29.1 Å². The number of carbonyl (C=O) groups excluding carboxylic acids is 1. The van der Waals surface area contributed by atoms with Gasteiger partial charge >= 0.3 is 0 Å². The summed E-state index contributed by atoms with van der Waals surface area (Å²) in [6.07, 6.45) is 1.68. The highest BCUT2D eigenvalue weighted by molar-refractivity contribution is 8.03. The lowest BCUT2D eigenvalue weighted by atomic mass is 10.1. The first-order valence-electron chi connectivity index (χ1n) is 4.95. The van der Waals surface area contributed by atoms with E-state index in [1.54, 1.807) is 17.8 Å². The van der Waals surface area contributed by atoms with Crippen molar-refractivity contribution < 1.29 is 4.79 Å². The molecule has 2 nitrogen and oxygen atoms in total. The Morgan fingerprint density at radius 2 is 2.13 bits per heavy atom. The van der Waals surface area contributed by atoms with Crippen molar-refractivity contribution in [3.8, 4) is 0 Å². The minimum absolute atomic E-state index is 0.0758. The first kappa shape index (κ1) is 10.3. The van der Waals surface area contributed by atoms with E-state index in [2.05, 4.69) is 5.32 Å². The van der Waals surface area contributed by atoms with Crippen LogP contribution in [0.15, 0.2) is 35.4 Å². The summed E-state index contributed by atoms with van der Waals surface area (Å²) in [5.74, 6) is 1.12. The smallest absolute Gasteiger partial charge is 0.188 e. The maximum atomic E-state index is 11.8. The summed E-state index contributed by atoms with van der Waals surface area (Å²) in [6, 6.07) is 7.66. The van der Waals surface area contributed by atoms with Crippen LogP contribution in [0.25, 0.3) is 0 Å². The maximum Gasteiger partial charge on any atom is 0.188 e. The molecule has 0 atom stereocenters. The summed E-state index contributed by atoms with van der Waals surface area (Å²) in [6.45, 7) is 2.97. The van der Waals surface area contributed by atoms with Crippen LogP contribution in [0.4, 0.5) is 0 Å². The fourth-order valence-corrected chi connectivity index (χ4v) is 2.22. The van der Waals surface area contributed by atoms with Crippen LogP contribution in [0.1, 0.15) is 15.9 Å². The van der Waals surface area contributed by atoms with Crippen molar-refractivity contribution in [2.45, 2.75) is 6.92 Å². The molecule has 0 saturated carbocycles. The Morgan fingerprint density at radius 1 is 1.40 bits per heavy atom. The van der Waals surface area contributed by atoms with E-state index < -0.39 is 0 Å². The molecule has 1 aromatic carbocycles. The van der Waals surface area contributed by atoms with E-state index in [0.717, 1.165) is 22.9 Å². The maximum absolute atomic E-state index is 11.8. The molecular weight excluding hydrogens is 206 g/mol. The van der Waals surface area contributed by atoms with Crippen molar-refractivity contribution in [2.75, 3.05) is 12.3 Å². The third-order valence-corrected chi connectivity index (χ3v) is 3.24. The van der Waals surface area contributed by atoms with Gasteiger partial charge in [0.2, 0.25) is 0 Å². The molecule has 0 radical (unpaired) electrons. The number of hydrogen-bond donors (Lipinski definition) is 1. The summed E-state index contributed by atoms with van der Waals surface area (Å²) in [5.41, 5.74) is 1.93. The van der Waals surface area contributed by atoms with Crippen molar-refractivity contribution >= 4 is 17.5 Å². The molecule has 0 unspecified atom stereocenters. The molecule has 1 aromatic rings. The predicted molar refractivity (Wildman–Crippen MR) is 64.1 cm³/mol. The molecule has 0 aromatic heterocycles. The zero-order chi connectivity index (χ0) is 10.7. The van der Waals surface area contributed by atoms with Gasteiger partial charge in [0.25, 0.3) is 0 Å². The summed E-state index contributed by atoms with van der Waals surface area (Å²) < 4.78 is 0. The molecule has 78 valence electrons. The van der Waals surface area contributed by atoms with Crippen molar-refractivity contribution in [1.82, 2.24) is 5.32 Å². The highest BCUT2D eigenvalue weighted by atomic mass is 32.2. The number of nitrogens with one attached hydrogen (secondary N) is 1. The fraction of sp³-hybridized carbons (Fsp3) is 0.250. The standard InChI is InChI=1S/C12H13NOS/c1-9-2-4-10(5-3-9)11(14)8-12-13-6-7-15-12/h2-5,8,13H,6-7H2,1H3/b12-8-.